The van der Waals surface area contributed by atoms with E-state index in [9.17, 15) is 4.79 Å². The Morgan fingerprint density at radius 3 is 2.67 bits per heavy atom. The molecule has 0 radical (unpaired) electrons. The molecule has 0 saturated heterocycles. The van der Waals surface area contributed by atoms with Crippen LogP contribution in [0.1, 0.15) is 12.5 Å². The highest BCUT2D eigenvalue weighted by Crippen LogP contribution is 2.29. The topological polar surface area (TPSA) is 78.7 Å². The third kappa shape index (κ3) is 5.83. The number of rotatable bonds is 7. The molecular formula is C15H13ClN4OS3. The molecule has 0 spiro atoms. The zero-order valence-electron chi connectivity index (χ0n) is 12.7. The van der Waals surface area contributed by atoms with Gasteiger partial charge in [0.25, 0.3) is 0 Å². The molecule has 0 aliphatic carbocycles. The Morgan fingerprint density at radius 2 is 2.04 bits per heavy atom. The van der Waals surface area contributed by atoms with Crippen LogP contribution in [0.3, 0.4) is 0 Å². The first-order chi connectivity index (χ1) is 11.5. The number of carbonyl (C=O) groups excluding carboxylic acids is 1. The minimum atomic E-state index is -0.231. The van der Waals surface area contributed by atoms with Crippen molar-refractivity contribution in [2.24, 2.45) is 0 Å². The largest absolute Gasteiger partial charge is 0.324 e. The van der Waals surface area contributed by atoms with Crippen LogP contribution in [0, 0.1) is 11.3 Å². The van der Waals surface area contributed by atoms with E-state index in [0.717, 1.165) is 20.0 Å². The maximum Gasteiger partial charge on any atom is 0.234 e. The van der Waals surface area contributed by atoms with E-state index in [1.807, 2.05) is 13.0 Å². The molecule has 1 heterocycles. The van der Waals surface area contributed by atoms with Gasteiger partial charge in [-0.3, -0.25) is 4.79 Å². The van der Waals surface area contributed by atoms with Gasteiger partial charge in [0.15, 0.2) is 8.68 Å². The molecule has 1 aromatic heterocycles. The van der Waals surface area contributed by atoms with Crippen LogP contribution in [-0.2, 0) is 4.79 Å². The van der Waals surface area contributed by atoms with Crippen LogP contribution in [0.4, 0.5) is 5.69 Å². The van der Waals surface area contributed by atoms with Crippen LogP contribution in [0.25, 0.3) is 0 Å². The van der Waals surface area contributed by atoms with Crippen molar-refractivity contribution in [3.8, 4) is 6.07 Å². The summed E-state index contributed by atoms with van der Waals surface area (Å²) in [6.07, 6.45) is 0. The fraction of sp³-hybridized carbons (Fsp3) is 0.200. The molecule has 0 bridgehead atoms. The molecule has 0 unspecified atom stereocenters. The first kappa shape index (κ1) is 18.8. The number of aromatic nitrogens is 2. The molecule has 24 heavy (non-hydrogen) atoms. The second kappa shape index (κ2) is 9.08. The number of nitriles is 1. The lowest BCUT2D eigenvalue weighted by atomic mass is 10.2. The minimum Gasteiger partial charge on any atom is -0.324 e. The van der Waals surface area contributed by atoms with Crippen molar-refractivity contribution in [2.45, 2.75) is 15.6 Å². The van der Waals surface area contributed by atoms with Crippen molar-refractivity contribution in [1.82, 2.24) is 10.2 Å². The maximum absolute atomic E-state index is 12.0. The average molecular weight is 397 g/mol. The van der Waals surface area contributed by atoms with Gasteiger partial charge in [0.2, 0.25) is 5.91 Å². The van der Waals surface area contributed by atoms with Crippen molar-refractivity contribution in [3.63, 3.8) is 0 Å². The molecule has 0 fully saturated rings. The van der Waals surface area contributed by atoms with Crippen LogP contribution in [0.5, 0.6) is 0 Å². The van der Waals surface area contributed by atoms with E-state index >= 15 is 0 Å². The Balaban J connectivity index is 1.89. The minimum absolute atomic E-state index is 0.178. The molecule has 2 aromatic rings. The van der Waals surface area contributed by atoms with Gasteiger partial charge in [-0.15, -0.1) is 10.2 Å². The van der Waals surface area contributed by atoms with E-state index in [1.165, 1.54) is 23.1 Å². The Bertz CT molecular complexity index is 800. The number of carbonyl (C=O) groups is 1. The summed E-state index contributed by atoms with van der Waals surface area (Å²) in [5.74, 6) is 0.743. The molecule has 1 aromatic carbocycles. The third-order valence-corrected chi connectivity index (χ3v) is 6.19. The van der Waals surface area contributed by atoms with Crippen LogP contribution in [-0.4, -0.2) is 27.6 Å². The summed E-state index contributed by atoms with van der Waals surface area (Å²) >= 11 is 10.2. The normalized spacial score (nSPS) is 10.2. The monoisotopic (exact) mass is 396 g/mol. The molecule has 9 heteroatoms. The van der Waals surface area contributed by atoms with Crippen molar-refractivity contribution < 1.29 is 4.79 Å². The van der Waals surface area contributed by atoms with E-state index in [0.29, 0.717) is 16.3 Å². The molecular weight excluding hydrogens is 384 g/mol. The molecule has 124 valence electrons. The predicted molar refractivity (Wildman–Crippen MR) is 101 cm³/mol. The van der Waals surface area contributed by atoms with Gasteiger partial charge in [0.1, 0.15) is 6.07 Å². The lowest BCUT2D eigenvalue weighted by Gasteiger charge is -2.06. The van der Waals surface area contributed by atoms with Gasteiger partial charge in [-0.05, 0) is 25.1 Å². The predicted octanol–water partition coefficient (Wildman–Crippen LogP) is 4.46. The van der Waals surface area contributed by atoms with Crippen molar-refractivity contribution in [1.29, 1.82) is 5.26 Å². The number of hydrogen-bond donors (Lipinski definition) is 1. The number of hydrogen-bond acceptors (Lipinski definition) is 7. The Morgan fingerprint density at radius 1 is 1.38 bits per heavy atom. The van der Waals surface area contributed by atoms with E-state index in [-0.39, 0.29) is 11.7 Å². The van der Waals surface area contributed by atoms with E-state index in [2.05, 4.69) is 22.1 Å². The Hall–Kier alpha value is -1.53. The van der Waals surface area contributed by atoms with Gasteiger partial charge in [0, 0.05) is 10.8 Å². The molecule has 1 N–H and O–H groups in total. The summed E-state index contributed by atoms with van der Waals surface area (Å²) in [7, 11) is 0. The number of halogens is 1. The maximum atomic E-state index is 12.0. The van der Waals surface area contributed by atoms with Crippen LogP contribution >= 0.6 is 46.5 Å². The first-order valence-corrected chi connectivity index (χ1v) is 9.87. The van der Waals surface area contributed by atoms with E-state index in [1.54, 1.807) is 30.0 Å². The molecule has 2 rings (SSSR count). The van der Waals surface area contributed by atoms with Gasteiger partial charge < -0.3 is 5.32 Å². The fourth-order valence-corrected chi connectivity index (χ4v) is 4.37. The highest BCUT2D eigenvalue weighted by Gasteiger charge is 2.11. The van der Waals surface area contributed by atoms with Crippen molar-refractivity contribution in [2.75, 3.05) is 16.8 Å². The molecule has 0 aliphatic rings. The zero-order chi connectivity index (χ0) is 17.5. The number of nitrogens with zero attached hydrogens (tertiary/aromatic N) is 3. The summed E-state index contributed by atoms with van der Waals surface area (Å²) in [6, 6.07) is 6.75. The molecule has 0 atom stereocenters. The summed E-state index contributed by atoms with van der Waals surface area (Å²) in [6.45, 7) is 5.80. The second-order valence-corrected chi connectivity index (χ2v) is 8.58. The fourth-order valence-electron chi connectivity index (χ4n) is 1.53. The molecule has 5 nitrogen and oxygen atoms in total. The average Bonchev–Trinajstić information content (AvgIpc) is 2.99. The number of nitrogens with one attached hydrogen (secondary N) is 1. The number of thioether (sulfide) groups is 2. The summed E-state index contributed by atoms with van der Waals surface area (Å²) in [5.41, 5.74) is 1.84. The smallest absolute Gasteiger partial charge is 0.234 e. The Kier molecular flexibility index (Phi) is 7.12. The lowest BCUT2D eigenvalue weighted by molar-refractivity contribution is -0.113. The van der Waals surface area contributed by atoms with Crippen LogP contribution in [0.2, 0.25) is 5.02 Å². The van der Waals surface area contributed by atoms with Gasteiger partial charge in [0.05, 0.1) is 17.0 Å². The SMILES string of the molecule is C=C(C)CSc1nnc(SCC(=O)Nc2cc(Cl)ccc2C#N)s1. The van der Waals surface area contributed by atoms with Gasteiger partial charge >= 0.3 is 0 Å². The first-order valence-electron chi connectivity index (χ1n) is 6.71. The quantitative estimate of drug-likeness (QED) is 0.549. The highest BCUT2D eigenvalue weighted by molar-refractivity contribution is 8.03. The van der Waals surface area contributed by atoms with Crippen molar-refractivity contribution >= 4 is 58.1 Å². The summed E-state index contributed by atoms with van der Waals surface area (Å²) in [4.78, 5) is 12.0. The van der Waals surface area contributed by atoms with Crippen LogP contribution in [0.15, 0.2) is 39.0 Å². The zero-order valence-corrected chi connectivity index (χ0v) is 15.9. The highest BCUT2D eigenvalue weighted by atomic mass is 35.5. The number of amides is 1. The van der Waals surface area contributed by atoms with Gasteiger partial charge in [-0.25, -0.2) is 0 Å². The number of anilines is 1. The molecule has 0 aliphatic heterocycles. The summed E-state index contributed by atoms with van der Waals surface area (Å²) < 4.78 is 1.57. The second-order valence-electron chi connectivity index (χ2n) is 4.72. The van der Waals surface area contributed by atoms with Gasteiger partial charge in [-0.1, -0.05) is 58.6 Å². The summed E-state index contributed by atoms with van der Waals surface area (Å²) in [5, 5.41) is 20.3. The van der Waals surface area contributed by atoms with E-state index < -0.39 is 0 Å². The molecule has 1 amide bonds. The van der Waals surface area contributed by atoms with Crippen molar-refractivity contribution in [3.05, 3.63) is 40.9 Å². The standard InChI is InChI=1S/C15H13ClN4OS3/c1-9(2)7-22-14-19-20-15(24-14)23-8-13(21)18-12-5-11(16)4-3-10(12)6-17/h3-5H,1,7-8H2,2H3,(H,18,21). The lowest BCUT2D eigenvalue weighted by Crippen LogP contribution is -2.14. The van der Waals surface area contributed by atoms with E-state index in [4.69, 9.17) is 16.9 Å². The van der Waals surface area contributed by atoms with Crippen LogP contribution < -0.4 is 5.32 Å². The Labute approximate surface area is 157 Å². The molecule has 0 saturated carbocycles. The van der Waals surface area contributed by atoms with Gasteiger partial charge in [-0.2, -0.15) is 5.26 Å². The number of benzene rings is 1. The third-order valence-electron chi connectivity index (χ3n) is 2.53.